The van der Waals surface area contributed by atoms with Crippen molar-refractivity contribution in [2.45, 2.75) is 79.4 Å². The Morgan fingerprint density at radius 1 is 0.773 bits per heavy atom. The fourth-order valence-electron chi connectivity index (χ4n) is 7.33. The van der Waals surface area contributed by atoms with Crippen molar-refractivity contribution < 1.29 is 108 Å². The van der Waals surface area contributed by atoms with Crippen LogP contribution in [0.1, 0.15) is 5.56 Å². The first-order valence-corrected chi connectivity index (χ1v) is 20.1. The molecule has 3 saturated heterocycles. The molecule has 0 unspecified atom stereocenters. The molecule has 66 heavy (non-hydrogen) atoms. The molecule has 13 atom stereocenters. The summed E-state index contributed by atoms with van der Waals surface area (Å²) in [7, 11) is 2.65. The molecule has 358 valence electrons. The number of carbonyl (C=O) groups is 1. The van der Waals surface area contributed by atoms with Gasteiger partial charge in [-0.3, -0.25) is 4.79 Å². The van der Waals surface area contributed by atoms with Crippen molar-refractivity contribution in [3.05, 3.63) is 76.5 Å². The minimum absolute atomic E-state index is 0.0245. The van der Waals surface area contributed by atoms with Crippen LogP contribution >= 0.6 is 0 Å². The van der Waals surface area contributed by atoms with Gasteiger partial charge in [-0.1, -0.05) is 6.07 Å². The van der Waals surface area contributed by atoms with Crippen LogP contribution < -0.4 is 24.4 Å². The standard InChI is InChI=1S/C43H48O23/c1-57-21-12-23(47)29-25(13-21)62-36(19-5-7-20(8-6-19)61-40-35(54)33(52)30(49)26(14-44)63-40)37(32(29)51)65-41-38(34(53)31(50)27(15-45)64-41)66-42-39(55)43(56,17-60-42)16-59-28(48)10-4-18-3-9-22(46)24(11-18)58-2/h3-13,26-27,30-31,33-35,38-42,44-47,49-50,52-56H,14-17H2,1-2H3/t26-,27-,30-,31-,33+,34+,35-,38-,39+,40-,41+,42+,43-/m1/s1. The fourth-order valence-corrected chi connectivity index (χ4v) is 7.33. The van der Waals surface area contributed by atoms with Crippen molar-refractivity contribution in [2.75, 3.05) is 40.6 Å². The van der Waals surface area contributed by atoms with Crippen LogP contribution in [0.15, 0.2) is 69.9 Å². The summed E-state index contributed by atoms with van der Waals surface area (Å²) < 4.78 is 55.9. The average Bonchev–Trinajstić information content (AvgIpc) is 3.59. The van der Waals surface area contributed by atoms with Gasteiger partial charge >= 0.3 is 5.97 Å². The molecule has 7 rings (SSSR count). The number of aliphatic hydroxyl groups excluding tert-OH is 8. The topological polar surface area (TPSA) is 353 Å². The van der Waals surface area contributed by atoms with E-state index in [1.807, 2.05) is 0 Å². The van der Waals surface area contributed by atoms with Gasteiger partial charge in [0.2, 0.25) is 23.8 Å². The van der Waals surface area contributed by atoms with Crippen LogP contribution in [0.2, 0.25) is 0 Å². The van der Waals surface area contributed by atoms with Gasteiger partial charge in [-0.15, -0.1) is 0 Å². The summed E-state index contributed by atoms with van der Waals surface area (Å²) in [5.74, 6) is -2.42. The summed E-state index contributed by atoms with van der Waals surface area (Å²) in [5, 5.41) is 115. The SMILES string of the molecule is COc1cc(O)c2c(=O)c(O[C@@H]3O[C@H](CO)[C@@H](O)[C@H](O)[C@H]3O[C@@H]3OC[C@](O)(COC(=O)C=Cc4ccc(O)c(OC)c4)[C@H]3O)c(-c3ccc(O[C@@H]4O[C@H](CO)[C@@H](O)[C@H](O)[C@H]4O)cc3)oc2c1. The van der Waals surface area contributed by atoms with Crippen molar-refractivity contribution in [1.29, 1.82) is 0 Å². The zero-order chi connectivity index (χ0) is 47.6. The summed E-state index contributed by atoms with van der Waals surface area (Å²) in [4.78, 5) is 26.9. The van der Waals surface area contributed by atoms with Crippen molar-refractivity contribution in [1.82, 2.24) is 0 Å². The number of phenolic OH excluding ortho intramolecular Hbond substituents is 2. The number of benzene rings is 3. The van der Waals surface area contributed by atoms with Crippen molar-refractivity contribution in [3.8, 4) is 45.8 Å². The maximum Gasteiger partial charge on any atom is 0.330 e. The van der Waals surface area contributed by atoms with Crippen molar-refractivity contribution in [2.24, 2.45) is 0 Å². The van der Waals surface area contributed by atoms with E-state index in [1.165, 1.54) is 68.8 Å². The first-order chi connectivity index (χ1) is 31.5. The number of hydrogen-bond acceptors (Lipinski definition) is 23. The highest BCUT2D eigenvalue weighted by atomic mass is 16.8. The molecule has 3 aliphatic rings. The number of aromatic hydroxyl groups is 2. The monoisotopic (exact) mass is 932 g/mol. The highest BCUT2D eigenvalue weighted by Gasteiger charge is 2.54. The normalized spacial score (nSPS) is 31.2. The number of ether oxygens (including phenoxy) is 9. The Balaban J connectivity index is 1.15. The van der Waals surface area contributed by atoms with Crippen LogP contribution in [0.5, 0.6) is 34.5 Å². The summed E-state index contributed by atoms with van der Waals surface area (Å²) in [6, 6.07) is 12.1. The van der Waals surface area contributed by atoms with E-state index in [0.29, 0.717) is 5.56 Å². The van der Waals surface area contributed by atoms with Crippen molar-refractivity contribution in [3.63, 3.8) is 0 Å². The number of phenols is 2. The van der Waals surface area contributed by atoms with Gasteiger partial charge in [-0.25, -0.2) is 4.79 Å². The number of carbonyl (C=O) groups excluding carboxylic acids is 1. The molecule has 1 aromatic heterocycles. The van der Waals surface area contributed by atoms with Gasteiger partial charge in [-0.2, -0.15) is 0 Å². The molecular weight excluding hydrogens is 884 g/mol. The first kappa shape index (κ1) is 48.3. The average molecular weight is 933 g/mol. The second-order valence-corrected chi connectivity index (χ2v) is 15.5. The first-order valence-electron chi connectivity index (χ1n) is 20.1. The molecule has 0 radical (unpaired) electrons. The Morgan fingerprint density at radius 2 is 1.45 bits per heavy atom. The molecule has 0 amide bonds. The molecule has 23 nitrogen and oxygen atoms in total. The van der Waals surface area contributed by atoms with Gasteiger partial charge < -0.3 is 103 Å². The molecule has 23 heteroatoms. The van der Waals surface area contributed by atoms with Crippen LogP contribution in [0, 0.1) is 0 Å². The van der Waals surface area contributed by atoms with Gasteiger partial charge in [-0.05, 0) is 48.0 Å². The maximum absolute atomic E-state index is 14.3. The molecule has 11 N–H and O–H groups in total. The third kappa shape index (κ3) is 9.75. The molecule has 3 aliphatic heterocycles. The van der Waals surface area contributed by atoms with E-state index < -0.39 is 134 Å². The van der Waals surface area contributed by atoms with Crippen LogP contribution in [0.25, 0.3) is 28.4 Å². The minimum Gasteiger partial charge on any atom is -0.507 e. The predicted octanol–water partition coefficient (Wildman–Crippen LogP) is -2.02. The highest BCUT2D eigenvalue weighted by molar-refractivity contribution is 5.88. The van der Waals surface area contributed by atoms with E-state index >= 15 is 0 Å². The summed E-state index contributed by atoms with van der Waals surface area (Å²) in [5.41, 5.74) is -2.95. The van der Waals surface area contributed by atoms with Crippen LogP contribution in [0.4, 0.5) is 0 Å². The Morgan fingerprint density at radius 3 is 2.12 bits per heavy atom. The smallest absolute Gasteiger partial charge is 0.330 e. The van der Waals surface area contributed by atoms with E-state index in [9.17, 15) is 65.8 Å². The number of rotatable bonds is 15. The molecule has 3 aromatic carbocycles. The molecule has 3 fully saturated rings. The lowest BCUT2D eigenvalue weighted by Crippen LogP contribution is -2.62. The van der Waals surface area contributed by atoms with Crippen LogP contribution in [0.3, 0.4) is 0 Å². The summed E-state index contributed by atoms with van der Waals surface area (Å²) >= 11 is 0. The zero-order valence-electron chi connectivity index (χ0n) is 34.9. The Kier molecular flexibility index (Phi) is 14.7. The quantitative estimate of drug-likeness (QED) is 0.0452. The van der Waals surface area contributed by atoms with Crippen LogP contribution in [-0.2, 0) is 28.5 Å². The largest absolute Gasteiger partial charge is 0.507 e. The molecule has 0 saturated carbocycles. The minimum atomic E-state index is -2.29. The Bertz CT molecular complexity index is 2420. The molecule has 0 aliphatic carbocycles. The number of methoxy groups -OCH3 is 2. The molecule has 4 aromatic rings. The lowest BCUT2D eigenvalue weighted by molar-refractivity contribution is -0.319. The van der Waals surface area contributed by atoms with E-state index in [1.54, 1.807) is 0 Å². The summed E-state index contributed by atoms with van der Waals surface area (Å²) in [6.45, 7) is -3.09. The Hall–Kier alpha value is -5.64. The summed E-state index contributed by atoms with van der Waals surface area (Å²) in [6.07, 6.45) is -18.6. The zero-order valence-corrected chi connectivity index (χ0v) is 34.9. The van der Waals surface area contributed by atoms with E-state index in [0.717, 1.165) is 12.1 Å². The van der Waals surface area contributed by atoms with Crippen molar-refractivity contribution >= 4 is 23.0 Å². The second-order valence-electron chi connectivity index (χ2n) is 15.5. The molecular formula is C43H48O23. The van der Waals surface area contributed by atoms with E-state index in [4.69, 9.17) is 47.0 Å². The lowest BCUT2D eigenvalue weighted by Gasteiger charge is -2.42. The third-order valence-corrected chi connectivity index (χ3v) is 11.1. The van der Waals surface area contributed by atoms with Gasteiger partial charge in [0, 0.05) is 23.8 Å². The predicted molar refractivity (Wildman–Crippen MR) is 219 cm³/mol. The molecule has 4 heterocycles. The maximum atomic E-state index is 14.3. The lowest BCUT2D eigenvalue weighted by atomic mass is 9.98. The number of hydrogen-bond donors (Lipinski definition) is 11. The van der Waals surface area contributed by atoms with E-state index in [-0.39, 0.29) is 39.9 Å². The van der Waals surface area contributed by atoms with Gasteiger partial charge in [0.1, 0.15) is 83.7 Å². The molecule has 0 bridgehead atoms. The molecule has 0 spiro atoms. The number of fused-ring (bicyclic) bond motifs is 1. The second kappa shape index (κ2) is 20.1. The highest BCUT2D eigenvalue weighted by Crippen LogP contribution is 2.39. The van der Waals surface area contributed by atoms with Gasteiger partial charge in [0.25, 0.3) is 0 Å². The number of esters is 1. The number of aliphatic hydroxyl groups is 9. The Labute approximate surface area is 372 Å². The van der Waals surface area contributed by atoms with Gasteiger partial charge in [0.05, 0.1) is 34.0 Å². The van der Waals surface area contributed by atoms with E-state index in [2.05, 4.69) is 0 Å². The third-order valence-electron chi connectivity index (χ3n) is 11.1. The fraction of sp³-hybridized carbons (Fsp3) is 0.442. The van der Waals surface area contributed by atoms with Crippen LogP contribution in [-0.4, -0.2) is 182 Å². The van der Waals surface area contributed by atoms with Gasteiger partial charge in [0.15, 0.2) is 35.3 Å².